The normalized spacial score (nSPS) is 11.5. The summed E-state index contributed by atoms with van der Waals surface area (Å²) in [6.45, 7) is 0. The fourth-order valence-electron chi connectivity index (χ4n) is 3.03. The van der Waals surface area contributed by atoms with E-state index in [0.29, 0.717) is 22.2 Å². The van der Waals surface area contributed by atoms with Crippen molar-refractivity contribution in [3.63, 3.8) is 0 Å². The van der Waals surface area contributed by atoms with Gasteiger partial charge in [-0.05, 0) is 17.7 Å². The Balaban J connectivity index is 1.69. The molecule has 1 aromatic heterocycles. The van der Waals surface area contributed by atoms with Gasteiger partial charge in [-0.1, -0.05) is 36.4 Å². The third kappa shape index (κ3) is 5.15. The number of aromatic nitrogens is 1. The van der Waals surface area contributed by atoms with E-state index in [4.69, 9.17) is 9.47 Å². The van der Waals surface area contributed by atoms with E-state index in [9.17, 15) is 14.7 Å². The van der Waals surface area contributed by atoms with Crippen LogP contribution in [-0.2, 0) is 22.4 Å². The molecule has 0 aliphatic heterocycles. The number of rotatable bonds is 9. The number of hydrogen-bond acceptors (Lipinski definition) is 6. The first kappa shape index (κ1) is 21.3. The molecule has 0 radical (unpaired) electrons. The number of ether oxygens (including phenoxy) is 2. The van der Waals surface area contributed by atoms with Gasteiger partial charge in [0, 0.05) is 11.8 Å². The van der Waals surface area contributed by atoms with E-state index < -0.39 is 17.9 Å². The number of carbonyl (C=O) groups is 2. The highest BCUT2D eigenvalue weighted by molar-refractivity contribution is 7.13. The predicted molar refractivity (Wildman–Crippen MR) is 114 cm³/mol. The molecule has 0 aliphatic carbocycles. The zero-order valence-electron chi connectivity index (χ0n) is 16.6. The van der Waals surface area contributed by atoms with Crippen molar-refractivity contribution in [3.8, 4) is 22.1 Å². The topological polar surface area (TPSA) is 97.8 Å². The Morgan fingerprint density at radius 2 is 1.87 bits per heavy atom. The molecule has 0 unspecified atom stereocenters. The Morgan fingerprint density at radius 3 is 2.53 bits per heavy atom. The van der Waals surface area contributed by atoms with Crippen LogP contribution in [0, 0.1) is 0 Å². The Kier molecular flexibility index (Phi) is 7.03. The van der Waals surface area contributed by atoms with Crippen LogP contribution in [0.15, 0.2) is 53.9 Å². The lowest BCUT2D eigenvalue weighted by Crippen LogP contribution is -2.43. The molecule has 2 aromatic carbocycles. The molecular formula is C22H22N2O5S. The molecule has 0 fully saturated rings. The summed E-state index contributed by atoms with van der Waals surface area (Å²) in [6.07, 6.45) is 0.201. The molecule has 1 amide bonds. The van der Waals surface area contributed by atoms with Gasteiger partial charge in [0.05, 0.1) is 31.9 Å². The van der Waals surface area contributed by atoms with Gasteiger partial charge < -0.3 is 19.9 Å². The number of hydrogen-bond donors (Lipinski definition) is 2. The van der Waals surface area contributed by atoms with Crippen molar-refractivity contribution in [2.75, 3.05) is 14.2 Å². The molecule has 7 nitrogen and oxygen atoms in total. The highest BCUT2D eigenvalue weighted by atomic mass is 32.1. The molecule has 8 heteroatoms. The lowest BCUT2D eigenvalue weighted by atomic mass is 10.1. The molecule has 2 N–H and O–H groups in total. The third-order valence-corrected chi connectivity index (χ3v) is 5.37. The minimum Gasteiger partial charge on any atom is -0.493 e. The van der Waals surface area contributed by atoms with Gasteiger partial charge in [0.2, 0.25) is 5.91 Å². The van der Waals surface area contributed by atoms with E-state index in [-0.39, 0.29) is 12.8 Å². The van der Waals surface area contributed by atoms with Crippen LogP contribution in [-0.4, -0.2) is 42.2 Å². The number of amides is 1. The van der Waals surface area contributed by atoms with Gasteiger partial charge in [0.25, 0.3) is 0 Å². The smallest absolute Gasteiger partial charge is 0.326 e. The quantitative estimate of drug-likeness (QED) is 0.545. The van der Waals surface area contributed by atoms with Crippen LogP contribution in [0.25, 0.3) is 10.6 Å². The first-order valence-electron chi connectivity index (χ1n) is 9.23. The number of thiazole rings is 1. The molecule has 0 saturated heterocycles. The average Bonchev–Trinajstić information content (AvgIpc) is 3.21. The fourth-order valence-corrected chi connectivity index (χ4v) is 3.87. The number of aliphatic carboxylic acids is 1. The molecule has 1 heterocycles. The number of carbonyl (C=O) groups excluding carboxylic acids is 1. The summed E-state index contributed by atoms with van der Waals surface area (Å²) in [6, 6.07) is 13.7. The summed E-state index contributed by atoms with van der Waals surface area (Å²) in [5.74, 6) is -0.311. The first-order valence-corrected chi connectivity index (χ1v) is 10.1. The summed E-state index contributed by atoms with van der Waals surface area (Å²) in [5, 5.41) is 14.5. The lowest BCUT2D eigenvalue weighted by molar-refractivity contribution is -0.141. The summed E-state index contributed by atoms with van der Waals surface area (Å²) in [7, 11) is 3.12. The van der Waals surface area contributed by atoms with Crippen molar-refractivity contribution >= 4 is 23.2 Å². The van der Waals surface area contributed by atoms with E-state index in [1.165, 1.54) is 11.3 Å². The fraction of sp³-hybridized carbons (Fsp3) is 0.227. The SMILES string of the molecule is COc1cccc(-c2nc(CC(=O)N[C@@H](Cc3ccccc3)C(=O)O)cs2)c1OC. The molecule has 30 heavy (non-hydrogen) atoms. The Hall–Kier alpha value is -3.39. The highest BCUT2D eigenvalue weighted by Gasteiger charge is 2.21. The molecule has 156 valence electrons. The first-order chi connectivity index (χ1) is 14.5. The van der Waals surface area contributed by atoms with Crippen LogP contribution in [0.1, 0.15) is 11.3 Å². The summed E-state index contributed by atoms with van der Waals surface area (Å²) >= 11 is 1.38. The second kappa shape index (κ2) is 9.89. The number of nitrogens with one attached hydrogen (secondary N) is 1. The summed E-state index contributed by atoms with van der Waals surface area (Å²) in [4.78, 5) is 28.5. The van der Waals surface area contributed by atoms with Crippen molar-refractivity contribution in [2.45, 2.75) is 18.9 Å². The third-order valence-electron chi connectivity index (χ3n) is 4.44. The van der Waals surface area contributed by atoms with Gasteiger partial charge in [0.1, 0.15) is 11.0 Å². The Labute approximate surface area is 178 Å². The molecule has 0 spiro atoms. The number of methoxy groups -OCH3 is 2. The zero-order valence-corrected chi connectivity index (χ0v) is 17.4. The number of para-hydroxylation sites is 1. The molecule has 3 rings (SSSR count). The van der Waals surface area contributed by atoms with Gasteiger partial charge in [-0.3, -0.25) is 4.79 Å². The maximum atomic E-state index is 12.4. The number of benzene rings is 2. The van der Waals surface area contributed by atoms with Crippen LogP contribution in [0.5, 0.6) is 11.5 Å². The van der Waals surface area contributed by atoms with Gasteiger partial charge in [-0.2, -0.15) is 0 Å². The lowest BCUT2D eigenvalue weighted by Gasteiger charge is -2.14. The highest BCUT2D eigenvalue weighted by Crippen LogP contribution is 2.38. The second-order valence-electron chi connectivity index (χ2n) is 6.51. The van der Waals surface area contributed by atoms with Gasteiger partial charge in [0.15, 0.2) is 11.5 Å². The number of carboxylic acid groups (broad SMARTS) is 1. The molecule has 1 atom stereocenters. The van der Waals surface area contributed by atoms with Crippen molar-refractivity contribution in [1.82, 2.24) is 10.3 Å². The van der Waals surface area contributed by atoms with Crippen molar-refractivity contribution in [2.24, 2.45) is 0 Å². The van der Waals surface area contributed by atoms with Crippen molar-refractivity contribution in [3.05, 3.63) is 65.2 Å². The van der Waals surface area contributed by atoms with Gasteiger partial charge >= 0.3 is 5.97 Å². The van der Waals surface area contributed by atoms with E-state index in [1.807, 2.05) is 42.5 Å². The van der Waals surface area contributed by atoms with Crippen LogP contribution in [0.4, 0.5) is 0 Å². The standard InChI is InChI=1S/C22H22N2O5S/c1-28-18-10-6-9-16(20(18)29-2)21-23-15(13-30-21)12-19(25)24-17(22(26)27)11-14-7-4-3-5-8-14/h3-10,13,17H,11-12H2,1-2H3,(H,24,25)(H,26,27)/t17-/m0/s1. The molecule has 0 bridgehead atoms. The van der Waals surface area contributed by atoms with Crippen molar-refractivity contribution < 1.29 is 24.2 Å². The van der Waals surface area contributed by atoms with Gasteiger partial charge in [-0.25, -0.2) is 9.78 Å². The maximum Gasteiger partial charge on any atom is 0.326 e. The van der Waals surface area contributed by atoms with E-state index in [0.717, 1.165) is 11.1 Å². The van der Waals surface area contributed by atoms with E-state index in [1.54, 1.807) is 25.7 Å². The van der Waals surface area contributed by atoms with Crippen molar-refractivity contribution in [1.29, 1.82) is 0 Å². The number of nitrogens with zero attached hydrogens (tertiary/aromatic N) is 1. The van der Waals surface area contributed by atoms with Crippen LogP contribution >= 0.6 is 11.3 Å². The molecular weight excluding hydrogens is 404 g/mol. The van der Waals surface area contributed by atoms with Crippen LogP contribution < -0.4 is 14.8 Å². The Morgan fingerprint density at radius 1 is 1.10 bits per heavy atom. The largest absolute Gasteiger partial charge is 0.493 e. The molecule has 0 saturated carbocycles. The minimum atomic E-state index is -1.08. The average molecular weight is 426 g/mol. The van der Waals surface area contributed by atoms with E-state index >= 15 is 0 Å². The monoisotopic (exact) mass is 426 g/mol. The second-order valence-corrected chi connectivity index (χ2v) is 7.37. The molecule has 3 aromatic rings. The predicted octanol–water partition coefficient (Wildman–Crippen LogP) is 3.18. The van der Waals surface area contributed by atoms with Crippen LogP contribution in [0.2, 0.25) is 0 Å². The summed E-state index contributed by atoms with van der Waals surface area (Å²) in [5.41, 5.74) is 2.16. The van der Waals surface area contributed by atoms with E-state index in [2.05, 4.69) is 10.3 Å². The minimum absolute atomic E-state index is 0.0125. The van der Waals surface area contributed by atoms with Crippen LogP contribution in [0.3, 0.4) is 0 Å². The number of carboxylic acids is 1. The van der Waals surface area contributed by atoms with Gasteiger partial charge in [-0.15, -0.1) is 11.3 Å². The maximum absolute atomic E-state index is 12.4. The zero-order chi connectivity index (χ0) is 21.5. The summed E-state index contributed by atoms with van der Waals surface area (Å²) < 4.78 is 10.8. The Bertz CT molecular complexity index is 1020. The molecule has 0 aliphatic rings.